The van der Waals surface area contributed by atoms with E-state index in [1.807, 2.05) is 19.2 Å². The number of hydrogen-bond donors (Lipinski definition) is 2. The summed E-state index contributed by atoms with van der Waals surface area (Å²) >= 11 is 0. The third kappa shape index (κ3) is 1.86. The van der Waals surface area contributed by atoms with Crippen molar-refractivity contribution in [1.29, 1.82) is 0 Å². The number of nitrogens with zero attached hydrogens (tertiary/aromatic N) is 2. The standard InChI is InChI=1S/C13H19N3O/c1-14-12-3-2-4-13(15-12)16-9-5-6-10(16)8-11(17)7-9/h2-4,9-11,17H,5-8H2,1H3,(H,14,15). The van der Waals surface area contributed by atoms with Crippen LogP contribution in [0, 0.1) is 0 Å². The third-order valence-electron chi connectivity index (χ3n) is 3.96. The van der Waals surface area contributed by atoms with Gasteiger partial charge in [0.05, 0.1) is 6.10 Å². The van der Waals surface area contributed by atoms with Crippen molar-refractivity contribution in [2.24, 2.45) is 0 Å². The first-order chi connectivity index (χ1) is 8.28. The normalized spacial score (nSPS) is 31.6. The minimum Gasteiger partial charge on any atom is -0.393 e. The molecule has 0 amide bonds. The monoisotopic (exact) mass is 233 g/mol. The molecule has 0 aromatic carbocycles. The van der Waals surface area contributed by atoms with E-state index in [1.165, 1.54) is 12.8 Å². The summed E-state index contributed by atoms with van der Waals surface area (Å²) in [7, 11) is 1.89. The molecule has 2 unspecified atom stereocenters. The lowest BCUT2D eigenvalue weighted by molar-refractivity contribution is 0.126. The Labute approximate surface area is 102 Å². The average molecular weight is 233 g/mol. The summed E-state index contributed by atoms with van der Waals surface area (Å²) in [6, 6.07) is 7.04. The molecule has 2 aliphatic heterocycles. The molecule has 2 saturated heterocycles. The Kier molecular flexibility index (Phi) is 2.67. The Morgan fingerprint density at radius 2 is 2.00 bits per heavy atom. The van der Waals surface area contributed by atoms with Gasteiger partial charge in [0.15, 0.2) is 0 Å². The maximum atomic E-state index is 9.80. The van der Waals surface area contributed by atoms with Gasteiger partial charge in [-0.2, -0.15) is 0 Å². The van der Waals surface area contributed by atoms with Gasteiger partial charge in [-0.05, 0) is 37.8 Å². The SMILES string of the molecule is CNc1cccc(N2C3CCC2CC(O)C3)n1. The zero-order valence-electron chi connectivity index (χ0n) is 10.1. The minimum atomic E-state index is -0.115. The Bertz CT molecular complexity index is 395. The van der Waals surface area contributed by atoms with Crippen LogP contribution < -0.4 is 10.2 Å². The molecule has 0 spiro atoms. The maximum Gasteiger partial charge on any atom is 0.131 e. The van der Waals surface area contributed by atoms with Gasteiger partial charge in [-0.3, -0.25) is 0 Å². The first-order valence-corrected chi connectivity index (χ1v) is 6.39. The summed E-state index contributed by atoms with van der Waals surface area (Å²) in [6.45, 7) is 0. The van der Waals surface area contributed by atoms with Gasteiger partial charge < -0.3 is 15.3 Å². The molecule has 2 aliphatic rings. The molecule has 4 nitrogen and oxygen atoms in total. The molecule has 2 atom stereocenters. The van der Waals surface area contributed by atoms with Crippen LogP contribution in [0.2, 0.25) is 0 Å². The molecule has 0 saturated carbocycles. The van der Waals surface area contributed by atoms with Crippen molar-refractivity contribution in [3.05, 3.63) is 18.2 Å². The van der Waals surface area contributed by atoms with E-state index in [0.29, 0.717) is 12.1 Å². The van der Waals surface area contributed by atoms with E-state index in [9.17, 15) is 5.11 Å². The van der Waals surface area contributed by atoms with Gasteiger partial charge in [-0.15, -0.1) is 0 Å². The van der Waals surface area contributed by atoms with Gasteiger partial charge in [-0.1, -0.05) is 6.07 Å². The molecule has 1 aromatic rings. The van der Waals surface area contributed by atoms with Crippen molar-refractivity contribution in [3.8, 4) is 0 Å². The number of anilines is 2. The highest BCUT2D eigenvalue weighted by atomic mass is 16.3. The molecule has 92 valence electrons. The molecular weight excluding hydrogens is 214 g/mol. The number of nitrogens with one attached hydrogen (secondary N) is 1. The quantitative estimate of drug-likeness (QED) is 0.815. The van der Waals surface area contributed by atoms with Crippen LogP contribution in [0.4, 0.5) is 11.6 Å². The lowest BCUT2D eigenvalue weighted by atomic mass is 10.00. The van der Waals surface area contributed by atoms with Crippen molar-refractivity contribution in [2.75, 3.05) is 17.3 Å². The summed E-state index contributed by atoms with van der Waals surface area (Å²) in [5, 5.41) is 12.9. The van der Waals surface area contributed by atoms with E-state index in [4.69, 9.17) is 0 Å². The topological polar surface area (TPSA) is 48.4 Å². The van der Waals surface area contributed by atoms with Crippen LogP contribution >= 0.6 is 0 Å². The smallest absolute Gasteiger partial charge is 0.131 e. The van der Waals surface area contributed by atoms with Crippen molar-refractivity contribution in [2.45, 2.75) is 43.9 Å². The average Bonchev–Trinajstić information content (AvgIpc) is 2.62. The number of piperidine rings is 1. The molecule has 2 N–H and O–H groups in total. The zero-order valence-corrected chi connectivity index (χ0v) is 10.1. The van der Waals surface area contributed by atoms with Gasteiger partial charge in [0.1, 0.15) is 11.6 Å². The number of hydrogen-bond acceptors (Lipinski definition) is 4. The van der Waals surface area contributed by atoms with Crippen molar-refractivity contribution in [1.82, 2.24) is 4.98 Å². The van der Waals surface area contributed by atoms with E-state index in [1.54, 1.807) is 0 Å². The number of aliphatic hydroxyl groups excluding tert-OH is 1. The van der Waals surface area contributed by atoms with Gasteiger partial charge >= 0.3 is 0 Å². The molecule has 1 aromatic heterocycles. The zero-order chi connectivity index (χ0) is 11.8. The van der Waals surface area contributed by atoms with Crippen molar-refractivity contribution in [3.63, 3.8) is 0 Å². The van der Waals surface area contributed by atoms with Crippen LogP contribution in [0.3, 0.4) is 0 Å². The molecule has 3 rings (SSSR count). The van der Waals surface area contributed by atoms with E-state index in [-0.39, 0.29) is 6.10 Å². The summed E-state index contributed by atoms with van der Waals surface area (Å²) in [6.07, 6.45) is 4.04. The molecule has 17 heavy (non-hydrogen) atoms. The Balaban J connectivity index is 1.89. The molecule has 4 heteroatoms. The molecule has 0 aliphatic carbocycles. The van der Waals surface area contributed by atoms with Crippen LogP contribution in [0.1, 0.15) is 25.7 Å². The highest BCUT2D eigenvalue weighted by Gasteiger charge is 2.40. The number of fused-ring (bicyclic) bond motifs is 2. The largest absolute Gasteiger partial charge is 0.393 e. The fraction of sp³-hybridized carbons (Fsp3) is 0.615. The van der Waals surface area contributed by atoms with E-state index in [0.717, 1.165) is 24.5 Å². The summed E-state index contributed by atoms with van der Waals surface area (Å²) in [5.41, 5.74) is 0. The van der Waals surface area contributed by atoms with Crippen LogP contribution in [-0.4, -0.2) is 35.3 Å². The van der Waals surface area contributed by atoms with Crippen LogP contribution in [0.25, 0.3) is 0 Å². The second kappa shape index (κ2) is 4.18. The van der Waals surface area contributed by atoms with Crippen molar-refractivity contribution >= 4 is 11.6 Å². The lowest BCUT2D eigenvalue weighted by Crippen LogP contribution is -2.45. The molecule has 3 heterocycles. The predicted octanol–water partition coefficient (Wildman–Crippen LogP) is 1.62. The summed E-state index contributed by atoms with van der Waals surface area (Å²) < 4.78 is 0. The second-order valence-electron chi connectivity index (χ2n) is 5.05. The maximum absolute atomic E-state index is 9.80. The number of aromatic nitrogens is 1. The Morgan fingerprint density at radius 1 is 1.29 bits per heavy atom. The number of aliphatic hydroxyl groups is 1. The van der Waals surface area contributed by atoms with E-state index >= 15 is 0 Å². The molecule has 2 fully saturated rings. The highest BCUT2D eigenvalue weighted by molar-refractivity contribution is 5.49. The Morgan fingerprint density at radius 3 is 2.65 bits per heavy atom. The van der Waals surface area contributed by atoms with Crippen LogP contribution in [-0.2, 0) is 0 Å². The fourth-order valence-corrected chi connectivity index (χ4v) is 3.23. The molecule has 0 radical (unpaired) electrons. The van der Waals surface area contributed by atoms with Crippen molar-refractivity contribution < 1.29 is 5.11 Å². The first kappa shape index (κ1) is 10.8. The summed E-state index contributed by atoms with van der Waals surface area (Å²) in [5.74, 6) is 1.96. The van der Waals surface area contributed by atoms with E-state index < -0.39 is 0 Å². The van der Waals surface area contributed by atoms with Gasteiger partial charge in [-0.25, -0.2) is 4.98 Å². The minimum absolute atomic E-state index is 0.115. The van der Waals surface area contributed by atoms with Gasteiger partial charge in [0.25, 0.3) is 0 Å². The fourth-order valence-electron chi connectivity index (χ4n) is 3.23. The van der Waals surface area contributed by atoms with Gasteiger partial charge in [0.2, 0.25) is 0 Å². The van der Waals surface area contributed by atoms with Crippen LogP contribution in [0.5, 0.6) is 0 Å². The molecule has 2 bridgehead atoms. The summed E-state index contributed by atoms with van der Waals surface area (Å²) in [4.78, 5) is 7.02. The van der Waals surface area contributed by atoms with E-state index in [2.05, 4.69) is 21.3 Å². The third-order valence-corrected chi connectivity index (χ3v) is 3.96. The lowest BCUT2D eigenvalue weighted by Gasteiger charge is -2.38. The highest BCUT2D eigenvalue weighted by Crippen LogP contribution is 2.38. The number of rotatable bonds is 2. The van der Waals surface area contributed by atoms with Crippen LogP contribution in [0.15, 0.2) is 18.2 Å². The molecular formula is C13H19N3O. The predicted molar refractivity (Wildman–Crippen MR) is 68.3 cm³/mol. The second-order valence-corrected chi connectivity index (χ2v) is 5.05. The Hall–Kier alpha value is -1.29. The van der Waals surface area contributed by atoms with Gasteiger partial charge in [0, 0.05) is 19.1 Å². The number of pyridine rings is 1. The first-order valence-electron chi connectivity index (χ1n) is 6.39.